The minimum Gasteiger partial charge on any atom is -0.481 e. The average Bonchev–Trinajstić information content (AvgIpc) is 3.00. The molecule has 0 fully saturated rings. The van der Waals surface area contributed by atoms with Crippen LogP contribution in [-0.4, -0.2) is 40.3 Å². The summed E-state index contributed by atoms with van der Waals surface area (Å²) in [5.41, 5.74) is -0.261. The molecular weight excluding hydrogens is 382 g/mol. The second kappa shape index (κ2) is 6.87. The lowest BCUT2D eigenvalue weighted by Crippen LogP contribution is -2.17. The Morgan fingerprint density at radius 2 is 1.78 bits per heavy atom. The molecule has 9 nitrogen and oxygen atoms in total. The summed E-state index contributed by atoms with van der Waals surface area (Å²) < 4.78 is 60.3. The molecule has 0 saturated carbocycles. The van der Waals surface area contributed by atoms with Crippen LogP contribution in [0.4, 0.5) is 14.5 Å². The van der Waals surface area contributed by atoms with Gasteiger partial charge >= 0.3 is 0 Å². The van der Waals surface area contributed by atoms with Crippen LogP contribution in [0.25, 0.3) is 5.95 Å². The molecular formula is C15H14F2N6O3S. The summed E-state index contributed by atoms with van der Waals surface area (Å²) in [5.74, 6) is -1.70. The fraction of sp³-hybridized carbons (Fsp3) is 0.200. The molecule has 1 aromatic carbocycles. The number of nitrogens with one attached hydrogen (secondary N) is 1. The van der Waals surface area contributed by atoms with Gasteiger partial charge in [0, 0.05) is 11.8 Å². The largest absolute Gasteiger partial charge is 0.481 e. The van der Waals surface area contributed by atoms with Crippen molar-refractivity contribution < 1.29 is 21.9 Å². The van der Waals surface area contributed by atoms with Gasteiger partial charge in [0.15, 0.2) is 0 Å². The molecule has 0 aliphatic rings. The normalized spacial score (nSPS) is 11.4. The number of sulfonamides is 1. The van der Waals surface area contributed by atoms with Gasteiger partial charge in [-0.15, -0.1) is 5.10 Å². The summed E-state index contributed by atoms with van der Waals surface area (Å²) in [7, 11) is -3.03. The van der Waals surface area contributed by atoms with Gasteiger partial charge in [-0.05, 0) is 26.0 Å². The molecule has 0 saturated heterocycles. The van der Waals surface area contributed by atoms with Crippen LogP contribution in [0.15, 0.2) is 29.4 Å². The number of aromatic nitrogens is 5. The van der Waals surface area contributed by atoms with Crippen LogP contribution in [0.5, 0.6) is 5.88 Å². The molecule has 0 atom stereocenters. The molecule has 0 bridgehead atoms. The van der Waals surface area contributed by atoms with Gasteiger partial charge in [-0.25, -0.2) is 18.7 Å². The standard InChI is InChI=1S/C15H14F2N6O3S/c1-8-7-12(26-3)20-14(18-8)23-9(2)19-15(21-23)27(24,25)22-13-10(16)5-4-6-11(13)17/h4-7,22H,1-3H3. The van der Waals surface area contributed by atoms with Crippen molar-refractivity contribution in [2.24, 2.45) is 0 Å². The van der Waals surface area contributed by atoms with Crippen LogP contribution in [0.2, 0.25) is 0 Å². The fourth-order valence-electron chi connectivity index (χ4n) is 2.17. The van der Waals surface area contributed by atoms with Crippen molar-refractivity contribution in [1.29, 1.82) is 0 Å². The van der Waals surface area contributed by atoms with Gasteiger partial charge in [0.25, 0.3) is 21.1 Å². The number of hydrogen-bond acceptors (Lipinski definition) is 7. The summed E-state index contributed by atoms with van der Waals surface area (Å²) in [6.45, 7) is 3.17. The highest BCUT2D eigenvalue weighted by Gasteiger charge is 2.25. The molecule has 0 radical (unpaired) electrons. The van der Waals surface area contributed by atoms with E-state index in [1.165, 1.54) is 14.0 Å². The van der Waals surface area contributed by atoms with Crippen LogP contribution < -0.4 is 9.46 Å². The zero-order valence-corrected chi connectivity index (χ0v) is 15.3. The molecule has 12 heteroatoms. The molecule has 2 heterocycles. The maximum Gasteiger partial charge on any atom is 0.299 e. The van der Waals surface area contributed by atoms with Gasteiger partial charge in [0.2, 0.25) is 5.88 Å². The number of para-hydroxylation sites is 1. The number of hydrogen-bond donors (Lipinski definition) is 1. The molecule has 27 heavy (non-hydrogen) atoms. The molecule has 3 aromatic rings. The second-order valence-corrected chi connectivity index (χ2v) is 6.98. The predicted molar refractivity (Wildman–Crippen MR) is 90.1 cm³/mol. The topological polar surface area (TPSA) is 112 Å². The van der Waals surface area contributed by atoms with Crippen molar-refractivity contribution in [1.82, 2.24) is 24.7 Å². The number of anilines is 1. The van der Waals surface area contributed by atoms with E-state index in [9.17, 15) is 17.2 Å². The van der Waals surface area contributed by atoms with E-state index in [1.807, 2.05) is 4.72 Å². The number of nitrogens with zero attached hydrogens (tertiary/aromatic N) is 5. The number of halogens is 2. The van der Waals surface area contributed by atoms with E-state index in [4.69, 9.17) is 4.74 Å². The smallest absolute Gasteiger partial charge is 0.299 e. The molecule has 0 amide bonds. The third-order valence-corrected chi connectivity index (χ3v) is 4.53. The maximum atomic E-state index is 13.7. The van der Waals surface area contributed by atoms with Crippen LogP contribution >= 0.6 is 0 Å². The lowest BCUT2D eigenvalue weighted by molar-refractivity contribution is 0.395. The molecule has 142 valence electrons. The van der Waals surface area contributed by atoms with E-state index in [2.05, 4.69) is 20.1 Å². The summed E-state index contributed by atoms with van der Waals surface area (Å²) in [5, 5.41) is 3.17. The average molecular weight is 396 g/mol. The van der Waals surface area contributed by atoms with Gasteiger partial charge in [-0.2, -0.15) is 18.1 Å². The summed E-state index contributed by atoms with van der Waals surface area (Å²) in [6.07, 6.45) is 0. The first-order chi connectivity index (χ1) is 12.7. The molecule has 0 aliphatic heterocycles. The minimum atomic E-state index is -4.45. The molecule has 0 unspecified atom stereocenters. The van der Waals surface area contributed by atoms with Crippen molar-refractivity contribution in [2.75, 3.05) is 11.8 Å². The highest BCUT2D eigenvalue weighted by atomic mass is 32.2. The number of benzene rings is 1. The minimum absolute atomic E-state index is 0.0374. The van der Waals surface area contributed by atoms with E-state index in [1.54, 1.807) is 13.0 Å². The molecule has 2 aromatic heterocycles. The number of rotatable bonds is 5. The zero-order valence-electron chi connectivity index (χ0n) is 14.4. The lowest BCUT2D eigenvalue weighted by Gasteiger charge is -2.07. The first kappa shape index (κ1) is 18.6. The lowest BCUT2D eigenvalue weighted by atomic mass is 10.3. The Hall–Kier alpha value is -3.15. The predicted octanol–water partition coefficient (Wildman–Crippen LogP) is 1.76. The van der Waals surface area contributed by atoms with Crippen molar-refractivity contribution in [3.05, 3.63) is 47.4 Å². The SMILES string of the molecule is COc1cc(C)nc(-n2nc(S(=O)(=O)Nc3c(F)cccc3F)nc2C)n1. The summed E-state index contributed by atoms with van der Waals surface area (Å²) >= 11 is 0. The van der Waals surface area contributed by atoms with Crippen LogP contribution in [0, 0.1) is 25.5 Å². The second-order valence-electron chi connectivity index (χ2n) is 5.41. The van der Waals surface area contributed by atoms with Gasteiger partial charge in [-0.3, -0.25) is 4.72 Å². The molecule has 0 aliphatic carbocycles. The van der Waals surface area contributed by atoms with Crippen molar-refractivity contribution in [3.63, 3.8) is 0 Å². The van der Waals surface area contributed by atoms with Gasteiger partial charge in [-0.1, -0.05) is 6.07 Å². The van der Waals surface area contributed by atoms with E-state index >= 15 is 0 Å². The highest BCUT2D eigenvalue weighted by molar-refractivity contribution is 7.92. The van der Waals surface area contributed by atoms with Crippen LogP contribution in [-0.2, 0) is 10.0 Å². The van der Waals surface area contributed by atoms with Gasteiger partial charge in [0.1, 0.15) is 23.1 Å². The Bertz CT molecular complexity index is 1100. The van der Waals surface area contributed by atoms with Gasteiger partial charge in [0.05, 0.1) is 7.11 Å². The Morgan fingerprint density at radius 3 is 2.41 bits per heavy atom. The molecule has 1 N–H and O–H groups in total. The van der Waals surface area contributed by atoms with E-state index in [0.717, 1.165) is 22.9 Å². The molecule has 3 rings (SSSR count). The summed E-state index contributed by atoms with van der Waals surface area (Å²) in [4.78, 5) is 12.1. The van der Waals surface area contributed by atoms with Crippen molar-refractivity contribution in [2.45, 2.75) is 19.0 Å². The molecule has 0 spiro atoms. The number of methoxy groups -OCH3 is 1. The Kier molecular flexibility index (Phi) is 4.74. The zero-order chi connectivity index (χ0) is 19.8. The van der Waals surface area contributed by atoms with Crippen molar-refractivity contribution >= 4 is 15.7 Å². The quantitative estimate of drug-likeness (QED) is 0.699. The highest BCUT2D eigenvalue weighted by Crippen LogP contribution is 2.22. The third-order valence-electron chi connectivity index (χ3n) is 3.41. The number of aryl methyl sites for hydroxylation is 2. The van der Waals surface area contributed by atoms with E-state index < -0.39 is 32.5 Å². The summed E-state index contributed by atoms with van der Waals surface area (Å²) in [6, 6.07) is 4.54. The Labute approximate surface area is 153 Å². The van der Waals surface area contributed by atoms with Crippen molar-refractivity contribution in [3.8, 4) is 11.8 Å². The third kappa shape index (κ3) is 3.69. The Balaban J connectivity index is 2.02. The first-order valence-corrected chi connectivity index (χ1v) is 9.00. The van der Waals surface area contributed by atoms with Gasteiger partial charge < -0.3 is 4.74 Å². The van der Waals surface area contributed by atoms with E-state index in [-0.39, 0.29) is 17.7 Å². The monoisotopic (exact) mass is 396 g/mol. The Morgan fingerprint density at radius 1 is 1.11 bits per heavy atom. The van der Waals surface area contributed by atoms with Crippen LogP contribution in [0.3, 0.4) is 0 Å². The first-order valence-electron chi connectivity index (χ1n) is 7.52. The maximum absolute atomic E-state index is 13.7. The van der Waals surface area contributed by atoms with E-state index in [0.29, 0.717) is 5.69 Å². The number of ether oxygens (including phenoxy) is 1. The fourth-order valence-corrected chi connectivity index (χ4v) is 3.16. The van der Waals surface area contributed by atoms with Crippen LogP contribution in [0.1, 0.15) is 11.5 Å².